The van der Waals surface area contributed by atoms with Crippen LogP contribution in [0.25, 0.3) is 11.4 Å². The third-order valence-corrected chi connectivity index (χ3v) is 3.80. The average Bonchev–Trinajstić information content (AvgIpc) is 3.18. The van der Waals surface area contributed by atoms with Crippen molar-refractivity contribution in [2.24, 2.45) is 0 Å². The van der Waals surface area contributed by atoms with E-state index in [0.29, 0.717) is 29.0 Å². The summed E-state index contributed by atoms with van der Waals surface area (Å²) in [6.07, 6.45) is -0.398. The Balaban J connectivity index is 1.76. The molecule has 0 bridgehead atoms. The average molecular weight is 356 g/mol. The molecule has 0 saturated carbocycles. The maximum absolute atomic E-state index is 5.83. The maximum atomic E-state index is 5.83. The minimum absolute atomic E-state index is 0.380. The molecule has 1 heterocycles. The summed E-state index contributed by atoms with van der Waals surface area (Å²) in [5.74, 6) is 3.51. The quantitative estimate of drug-likeness (QED) is 0.635. The van der Waals surface area contributed by atoms with Crippen LogP contribution < -0.4 is 18.9 Å². The molecule has 0 amide bonds. The Morgan fingerprint density at radius 1 is 0.846 bits per heavy atom. The highest BCUT2D eigenvalue weighted by molar-refractivity contribution is 5.60. The molecule has 0 spiro atoms. The number of benzene rings is 2. The molecule has 7 heteroatoms. The van der Waals surface area contributed by atoms with E-state index < -0.39 is 6.10 Å². The maximum Gasteiger partial charge on any atom is 0.267 e. The topological polar surface area (TPSA) is 75.8 Å². The normalized spacial score (nSPS) is 11.7. The Hall–Kier alpha value is -3.22. The van der Waals surface area contributed by atoms with Crippen LogP contribution in [0.15, 0.2) is 47.0 Å². The molecule has 136 valence electrons. The molecule has 2 aromatic carbocycles. The summed E-state index contributed by atoms with van der Waals surface area (Å²) in [6.45, 7) is 1.84. The van der Waals surface area contributed by atoms with Gasteiger partial charge in [0.2, 0.25) is 5.82 Å². The predicted octanol–water partition coefficient (Wildman–Crippen LogP) is 3.90. The SMILES string of the molecule is COc1ccc(O[C@@H](C)c2nc(-c3ccc(OC)c(OC)c3)no2)cc1. The van der Waals surface area contributed by atoms with Gasteiger partial charge in [-0.1, -0.05) is 5.16 Å². The molecule has 0 aliphatic carbocycles. The van der Waals surface area contributed by atoms with Gasteiger partial charge in [-0.25, -0.2) is 0 Å². The molecule has 26 heavy (non-hydrogen) atoms. The van der Waals surface area contributed by atoms with E-state index in [1.54, 1.807) is 33.5 Å². The first-order valence-electron chi connectivity index (χ1n) is 8.01. The fourth-order valence-corrected chi connectivity index (χ4v) is 2.40. The number of methoxy groups -OCH3 is 3. The van der Waals surface area contributed by atoms with E-state index in [4.69, 9.17) is 23.5 Å². The molecule has 0 aliphatic rings. The van der Waals surface area contributed by atoms with Crippen molar-refractivity contribution in [1.82, 2.24) is 10.1 Å². The summed E-state index contributed by atoms with van der Waals surface area (Å²) in [4.78, 5) is 4.42. The van der Waals surface area contributed by atoms with Crippen molar-refractivity contribution < 1.29 is 23.5 Å². The van der Waals surface area contributed by atoms with Crippen molar-refractivity contribution in [3.8, 4) is 34.4 Å². The van der Waals surface area contributed by atoms with Crippen molar-refractivity contribution >= 4 is 0 Å². The van der Waals surface area contributed by atoms with E-state index in [9.17, 15) is 0 Å². The van der Waals surface area contributed by atoms with Crippen LogP contribution in [0.2, 0.25) is 0 Å². The van der Waals surface area contributed by atoms with Crippen molar-refractivity contribution in [2.45, 2.75) is 13.0 Å². The molecule has 0 radical (unpaired) electrons. The van der Waals surface area contributed by atoms with Gasteiger partial charge in [-0.2, -0.15) is 4.98 Å². The Bertz CT molecular complexity index is 861. The van der Waals surface area contributed by atoms with Crippen LogP contribution in [0.1, 0.15) is 18.9 Å². The van der Waals surface area contributed by atoms with E-state index in [2.05, 4.69) is 10.1 Å². The minimum Gasteiger partial charge on any atom is -0.497 e. The van der Waals surface area contributed by atoms with E-state index in [0.717, 1.165) is 11.3 Å². The highest BCUT2D eigenvalue weighted by Crippen LogP contribution is 2.32. The lowest BCUT2D eigenvalue weighted by Gasteiger charge is -2.11. The van der Waals surface area contributed by atoms with E-state index in [-0.39, 0.29) is 0 Å². The number of hydrogen-bond donors (Lipinski definition) is 0. The van der Waals surface area contributed by atoms with Gasteiger partial charge in [0.25, 0.3) is 5.89 Å². The zero-order valence-corrected chi connectivity index (χ0v) is 15.1. The third kappa shape index (κ3) is 3.72. The Morgan fingerprint density at radius 2 is 1.54 bits per heavy atom. The number of nitrogens with zero attached hydrogens (tertiary/aromatic N) is 2. The molecule has 1 aromatic heterocycles. The standard InChI is InChI=1S/C19H20N2O5/c1-12(25-15-8-6-14(22-2)7-9-15)19-20-18(21-26-19)13-5-10-16(23-3)17(11-13)24-4/h5-12H,1-4H3/t12-/m0/s1. The van der Waals surface area contributed by atoms with Gasteiger partial charge in [-0.3, -0.25) is 0 Å². The Labute approximate surface area is 151 Å². The van der Waals surface area contributed by atoms with E-state index in [1.807, 2.05) is 37.3 Å². The first-order chi connectivity index (χ1) is 12.6. The van der Waals surface area contributed by atoms with Gasteiger partial charge < -0.3 is 23.5 Å². The van der Waals surface area contributed by atoms with Crippen LogP contribution in [0.5, 0.6) is 23.0 Å². The molecule has 0 unspecified atom stereocenters. The Kier molecular flexibility index (Phi) is 5.26. The van der Waals surface area contributed by atoms with Gasteiger partial charge in [0.15, 0.2) is 17.6 Å². The second kappa shape index (κ2) is 7.77. The van der Waals surface area contributed by atoms with Gasteiger partial charge >= 0.3 is 0 Å². The summed E-state index contributed by atoms with van der Waals surface area (Å²) in [5, 5.41) is 4.02. The van der Waals surface area contributed by atoms with Gasteiger partial charge in [0.1, 0.15) is 11.5 Å². The van der Waals surface area contributed by atoms with Gasteiger partial charge in [-0.15, -0.1) is 0 Å². The molecule has 7 nitrogen and oxygen atoms in total. The third-order valence-electron chi connectivity index (χ3n) is 3.80. The summed E-state index contributed by atoms with van der Waals surface area (Å²) < 4.78 is 26.8. The van der Waals surface area contributed by atoms with Crippen molar-refractivity contribution in [3.05, 3.63) is 48.4 Å². The van der Waals surface area contributed by atoms with Gasteiger partial charge in [0, 0.05) is 5.56 Å². The zero-order valence-electron chi connectivity index (χ0n) is 15.1. The fourth-order valence-electron chi connectivity index (χ4n) is 2.40. The van der Waals surface area contributed by atoms with Crippen molar-refractivity contribution in [2.75, 3.05) is 21.3 Å². The second-order valence-electron chi connectivity index (χ2n) is 5.46. The molecular weight excluding hydrogens is 336 g/mol. The van der Waals surface area contributed by atoms with E-state index in [1.165, 1.54) is 0 Å². The predicted molar refractivity (Wildman–Crippen MR) is 94.9 cm³/mol. The lowest BCUT2D eigenvalue weighted by Crippen LogP contribution is -2.03. The molecular formula is C19H20N2O5. The monoisotopic (exact) mass is 356 g/mol. The summed E-state index contributed by atoms with van der Waals surface area (Å²) in [5.41, 5.74) is 0.759. The number of hydrogen-bond acceptors (Lipinski definition) is 7. The smallest absolute Gasteiger partial charge is 0.267 e. The summed E-state index contributed by atoms with van der Waals surface area (Å²) in [6, 6.07) is 12.7. The molecule has 0 N–H and O–H groups in total. The van der Waals surface area contributed by atoms with Gasteiger partial charge in [-0.05, 0) is 49.4 Å². The minimum atomic E-state index is -0.398. The molecule has 0 aliphatic heterocycles. The van der Waals surface area contributed by atoms with Crippen LogP contribution in [0, 0.1) is 0 Å². The van der Waals surface area contributed by atoms with Crippen molar-refractivity contribution in [3.63, 3.8) is 0 Å². The molecule has 0 fully saturated rings. The van der Waals surface area contributed by atoms with Crippen molar-refractivity contribution in [1.29, 1.82) is 0 Å². The van der Waals surface area contributed by atoms with Crippen LogP contribution in [-0.2, 0) is 0 Å². The van der Waals surface area contributed by atoms with E-state index >= 15 is 0 Å². The first kappa shape index (κ1) is 17.6. The number of aromatic nitrogens is 2. The second-order valence-corrected chi connectivity index (χ2v) is 5.46. The molecule has 3 rings (SSSR count). The summed E-state index contributed by atoms with van der Waals surface area (Å²) >= 11 is 0. The van der Waals surface area contributed by atoms with Crippen LogP contribution in [-0.4, -0.2) is 31.5 Å². The zero-order chi connectivity index (χ0) is 18.5. The first-order valence-corrected chi connectivity index (χ1v) is 8.01. The van der Waals surface area contributed by atoms with Crippen LogP contribution in [0.3, 0.4) is 0 Å². The lowest BCUT2D eigenvalue weighted by atomic mass is 10.2. The highest BCUT2D eigenvalue weighted by Gasteiger charge is 2.18. The molecule has 1 atom stereocenters. The fraction of sp³-hybridized carbons (Fsp3) is 0.263. The lowest BCUT2D eigenvalue weighted by molar-refractivity contribution is 0.175. The largest absolute Gasteiger partial charge is 0.497 e. The molecule has 3 aromatic rings. The Morgan fingerprint density at radius 3 is 2.19 bits per heavy atom. The number of ether oxygens (including phenoxy) is 4. The summed E-state index contributed by atoms with van der Waals surface area (Å²) in [7, 11) is 4.78. The van der Waals surface area contributed by atoms with Gasteiger partial charge in [0.05, 0.1) is 21.3 Å². The highest BCUT2D eigenvalue weighted by atomic mass is 16.5. The molecule has 0 saturated heterocycles. The number of rotatable bonds is 7. The van der Waals surface area contributed by atoms with Crippen LogP contribution >= 0.6 is 0 Å². The van der Waals surface area contributed by atoms with Crippen LogP contribution in [0.4, 0.5) is 0 Å².